The van der Waals surface area contributed by atoms with Crippen molar-refractivity contribution < 1.29 is 9.59 Å². The molecule has 0 saturated heterocycles. The number of carbonyl (C=O) groups excluding carboxylic acids is 2. The van der Waals surface area contributed by atoms with Gasteiger partial charge >= 0.3 is 0 Å². The van der Waals surface area contributed by atoms with E-state index >= 15 is 0 Å². The highest BCUT2D eigenvalue weighted by Crippen LogP contribution is 2.15. The maximum atomic E-state index is 12.0. The van der Waals surface area contributed by atoms with Gasteiger partial charge < -0.3 is 11.1 Å². The summed E-state index contributed by atoms with van der Waals surface area (Å²) in [6, 6.07) is 6.76. The molecule has 122 valence electrons. The van der Waals surface area contributed by atoms with E-state index in [0.717, 1.165) is 12.8 Å². The molecule has 6 heteroatoms. The maximum Gasteiger partial charge on any atom is 0.230 e. The van der Waals surface area contributed by atoms with Gasteiger partial charge in [-0.05, 0) is 37.1 Å². The van der Waals surface area contributed by atoms with Crippen LogP contribution in [-0.4, -0.2) is 35.3 Å². The molecule has 22 heavy (non-hydrogen) atoms. The third kappa shape index (κ3) is 5.63. The Morgan fingerprint density at radius 1 is 1.18 bits per heavy atom. The van der Waals surface area contributed by atoms with Crippen LogP contribution in [0.5, 0.6) is 0 Å². The summed E-state index contributed by atoms with van der Waals surface area (Å²) in [5.41, 5.74) is 6.03. The quantitative estimate of drug-likeness (QED) is 0.677. The van der Waals surface area contributed by atoms with Crippen molar-refractivity contribution in [2.75, 3.05) is 18.1 Å². The first-order valence-electron chi connectivity index (χ1n) is 7.34. The standard InChI is InChI=1S/C16H23ClN2O2S/c1-3-16(4-2,11-18)19-15(21)10-22-9-14(20)12-5-7-13(17)8-6-12/h5-8H,3-4,9-11,18H2,1-2H3,(H,19,21). The van der Waals surface area contributed by atoms with E-state index in [9.17, 15) is 9.59 Å². The van der Waals surface area contributed by atoms with E-state index in [1.165, 1.54) is 11.8 Å². The van der Waals surface area contributed by atoms with Crippen molar-refractivity contribution in [3.8, 4) is 0 Å². The second kappa shape index (κ2) is 9.18. The van der Waals surface area contributed by atoms with Crippen LogP contribution in [0.25, 0.3) is 0 Å². The second-order valence-electron chi connectivity index (χ2n) is 5.16. The number of hydrogen-bond donors (Lipinski definition) is 2. The molecule has 0 fully saturated rings. The molecule has 0 radical (unpaired) electrons. The van der Waals surface area contributed by atoms with Crippen molar-refractivity contribution in [1.82, 2.24) is 5.32 Å². The van der Waals surface area contributed by atoms with E-state index < -0.39 is 0 Å². The van der Waals surface area contributed by atoms with Crippen LogP contribution in [0.15, 0.2) is 24.3 Å². The summed E-state index contributed by atoms with van der Waals surface area (Å²) >= 11 is 7.09. The van der Waals surface area contributed by atoms with Crippen LogP contribution in [0.4, 0.5) is 0 Å². The molecule has 0 aromatic heterocycles. The Kier molecular flexibility index (Phi) is 7.93. The van der Waals surface area contributed by atoms with Crippen LogP contribution in [-0.2, 0) is 4.79 Å². The molecule has 1 amide bonds. The van der Waals surface area contributed by atoms with Crippen molar-refractivity contribution in [1.29, 1.82) is 0 Å². The predicted molar refractivity (Wildman–Crippen MR) is 93.6 cm³/mol. The van der Waals surface area contributed by atoms with E-state index in [2.05, 4.69) is 5.32 Å². The SMILES string of the molecule is CCC(CC)(CN)NC(=O)CSCC(=O)c1ccc(Cl)cc1. The summed E-state index contributed by atoms with van der Waals surface area (Å²) in [4.78, 5) is 24.0. The fourth-order valence-electron chi connectivity index (χ4n) is 2.05. The fraction of sp³-hybridized carbons (Fsp3) is 0.500. The number of ketones is 1. The lowest BCUT2D eigenvalue weighted by atomic mass is 9.93. The molecule has 1 aromatic carbocycles. The highest BCUT2D eigenvalue weighted by Gasteiger charge is 2.26. The second-order valence-corrected chi connectivity index (χ2v) is 6.58. The largest absolute Gasteiger partial charge is 0.349 e. The monoisotopic (exact) mass is 342 g/mol. The van der Waals surface area contributed by atoms with Gasteiger partial charge in [-0.2, -0.15) is 0 Å². The minimum absolute atomic E-state index is 0.00876. The molecule has 0 atom stereocenters. The van der Waals surface area contributed by atoms with E-state index in [1.54, 1.807) is 24.3 Å². The molecule has 4 nitrogen and oxygen atoms in total. The highest BCUT2D eigenvalue weighted by atomic mass is 35.5. The van der Waals surface area contributed by atoms with Gasteiger partial charge in [0.1, 0.15) is 0 Å². The summed E-state index contributed by atoms with van der Waals surface area (Å²) in [5.74, 6) is 0.429. The number of carbonyl (C=O) groups is 2. The zero-order valence-corrected chi connectivity index (χ0v) is 14.6. The molecular formula is C16H23ClN2O2S. The van der Waals surface area contributed by atoms with Gasteiger partial charge in [-0.15, -0.1) is 11.8 Å². The molecule has 0 bridgehead atoms. The Hall–Kier alpha value is -1.04. The van der Waals surface area contributed by atoms with E-state index in [1.807, 2.05) is 13.8 Å². The number of Topliss-reactive ketones (excluding diaryl/α,β-unsaturated/α-hetero) is 1. The van der Waals surface area contributed by atoms with Crippen molar-refractivity contribution in [2.24, 2.45) is 5.73 Å². The van der Waals surface area contributed by atoms with Gasteiger partial charge in [-0.25, -0.2) is 0 Å². The van der Waals surface area contributed by atoms with E-state index in [0.29, 0.717) is 17.1 Å². The normalized spacial score (nSPS) is 11.3. The zero-order chi connectivity index (χ0) is 16.6. The number of nitrogens with two attached hydrogens (primary N) is 1. The number of nitrogens with one attached hydrogen (secondary N) is 1. The van der Waals surface area contributed by atoms with Crippen LogP contribution >= 0.6 is 23.4 Å². The molecule has 1 aromatic rings. The van der Waals surface area contributed by atoms with Crippen molar-refractivity contribution >= 4 is 35.1 Å². The minimum Gasteiger partial charge on any atom is -0.349 e. The average Bonchev–Trinajstić information content (AvgIpc) is 2.53. The molecule has 0 aliphatic rings. The maximum absolute atomic E-state index is 12.0. The summed E-state index contributed by atoms with van der Waals surface area (Å²) in [6.07, 6.45) is 1.58. The highest BCUT2D eigenvalue weighted by molar-refractivity contribution is 8.00. The number of amides is 1. The Balaban J connectivity index is 2.42. The van der Waals surface area contributed by atoms with Gasteiger partial charge in [0.05, 0.1) is 17.0 Å². The molecule has 0 aliphatic carbocycles. The van der Waals surface area contributed by atoms with Gasteiger partial charge in [-0.1, -0.05) is 25.4 Å². The van der Waals surface area contributed by atoms with Gasteiger partial charge in [0.15, 0.2) is 5.78 Å². The first-order chi connectivity index (χ1) is 10.5. The van der Waals surface area contributed by atoms with Gasteiger partial charge in [0.25, 0.3) is 0 Å². The summed E-state index contributed by atoms with van der Waals surface area (Å²) in [6.45, 7) is 4.43. The number of hydrogen-bond acceptors (Lipinski definition) is 4. The van der Waals surface area contributed by atoms with Crippen LogP contribution in [0.3, 0.4) is 0 Å². The Morgan fingerprint density at radius 2 is 1.77 bits per heavy atom. The van der Waals surface area contributed by atoms with Crippen LogP contribution < -0.4 is 11.1 Å². The molecule has 0 unspecified atom stereocenters. The first-order valence-corrected chi connectivity index (χ1v) is 8.87. The first kappa shape index (κ1) is 19.0. The van der Waals surface area contributed by atoms with Gasteiger partial charge in [-0.3, -0.25) is 9.59 Å². The fourth-order valence-corrected chi connectivity index (χ4v) is 2.89. The Morgan fingerprint density at radius 3 is 2.27 bits per heavy atom. The smallest absolute Gasteiger partial charge is 0.230 e. The minimum atomic E-state index is -0.335. The molecule has 0 spiro atoms. The third-order valence-electron chi connectivity index (χ3n) is 3.78. The van der Waals surface area contributed by atoms with Crippen LogP contribution in [0, 0.1) is 0 Å². The number of halogens is 1. The zero-order valence-electron chi connectivity index (χ0n) is 13.0. The summed E-state index contributed by atoms with van der Waals surface area (Å²) in [5, 5.41) is 3.58. The lowest BCUT2D eigenvalue weighted by Crippen LogP contribution is -2.53. The Bertz CT molecular complexity index is 493. The topological polar surface area (TPSA) is 72.2 Å². The van der Waals surface area contributed by atoms with Gasteiger partial charge in [0.2, 0.25) is 5.91 Å². The predicted octanol–water partition coefficient (Wildman–Crippen LogP) is 2.89. The molecule has 3 N–H and O–H groups in total. The number of thioether (sulfide) groups is 1. The average molecular weight is 343 g/mol. The number of rotatable bonds is 9. The number of benzene rings is 1. The van der Waals surface area contributed by atoms with Crippen LogP contribution in [0.2, 0.25) is 5.02 Å². The molecule has 0 aliphatic heterocycles. The van der Waals surface area contributed by atoms with E-state index in [-0.39, 0.29) is 28.7 Å². The molecular weight excluding hydrogens is 320 g/mol. The lowest BCUT2D eigenvalue weighted by molar-refractivity contribution is -0.120. The van der Waals surface area contributed by atoms with Gasteiger partial charge in [0, 0.05) is 17.1 Å². The lowest BCUT2D eigenvalue weighted by Gasteiger charge is -2.31. The third-order valence-corrected chi connectivity index (χ3v) is 4.97. The molecule has 0 heterocycles. The van der Waals surface area contributed by atoms with E-state index in [4.69, 9.17) is 17.3 Å². The van der Waals surface area contributed by atoms with Crippen molar-refractivity contribution in [3.05, 3.63) is 34.9 Å². The van der Waals surface area contributed by atoms with Crippen molar-refractivity contribution in [2.45, 2.75) is 32.2 Å². The molecule has 1 rings (SSSR count). The van der Waals surface area contributed by atoms with Crippen LogP contribution in [0.1, 0.15) is 37.0 Å². The summed E-state index contributed by atoms with van der Waals surface area (Å²) in [7, 11) is 0. The molecule has 0 saturated carbocycles. The van der Waals surface area contributed by atoms with Crippen molar-refractivity contribution in [3.63, 3.8) is 0 Å². The summed E-state index contributed by atoms with van der Waals surface area (Å²) < 4.78 is 0. The Labute approximate surface area is 141 Å².